The van der Waals surface area contributed by atoms with Crippen molar-refractivity contribution in [3.8, 4) is 5.69 Å². The number of carbonyl (C=O) groups excluding carboxylic acids is 1. The highest BCUT2D eigenvalue weighted by Crippen LogP contribution is 2.31. The molecule has 1 saturated heterocycles. The highest BCUT2D eigenvalue weighted by atomic mass is 35.5. The topological polar surface area (TPSA) is 87.8 Å². The quantitative estimate of drug-likeness (QED) is 0.291. The molecular formula is C27H33ClN6O3. The lowest BCUT2D eigenvalue weighted by atomic mass is 10.1. The summed E-state index contributed by atoms with van der Waals surface area (Å²) >= 11 is 6.33. The average molecular weight is 525 g/mol. The molecular weight excluding hydrogens is 492 g/mol. The van der Waals surface area contributed by atoms with E-state index in [2.05, 4.69) is 16.7 Å². The number of aryl methyl sites for hydroxylation is 1. The number of piperazine rings is 1. The van der Waals surface area contributed by atoms with Gasteiger partial charge in [-0.1, -0.05) is 43.6 Å². The predicted molar refractivity (Wildman–Crippen MR) is 146 cm³/mol. The van der Waals surface area contributed by atoms with Crippen molar-refractivity contribution in [3.63, 3.8) is 0 Å². The number of hydrogen-bond acceptors (Lipinski definition) is 6. The lowest BCUT2D eigenvalue weighted by molar-refractivity contribution is -0.384. The van der Waals surface area contributed by atoms with E-state index in [1.165, 1.54) is 18.2 Å². The van der Waals surface area contributed by atoms with Crippen molar-refractivity contribution in [1.82, 2.24) is 19.6 Å². The van der Waals surface area contributed by atoms with Crippen LogP contribution in [0.25, 0.3) is 5.69 Å². The van der Waals surface area contributed by atoms with E-state index in [1.807, 2.05) is 48.9 Å². The van der Waals surface area contributed by atoms with Gasteiger partial charge in [0.1, 0.15) is 5.82 Å². The molecule has 0 atom stereocenters. The zero-order chi connectivity index (χ0) is 26.5. The molecule has 1 fully saturated rings. The smallest absolute Gasteiger partial charge is 0.270 e. The summed E-state index contributed by atoms with van der Waals surface area (Å²) in [7, 11) is 0. The fourth-order valence-corrected chi connectivity index (χ4v) is 5.01. The van der Waals surface area contributed by atoms with Crippen LogP contribution in [0.2, 0.25) is 5.02 Å². The van der Waals surface area contributed by atoms with Crippen LogP contribution in [0.3, 0.4) is 0 Å². The SMILES string of the molecule is CCCN(Cc1c(C)nn(-c2ccccc2)c1N1CCN(CC)CC1)C(=O)c1ccc([N+](=O)[O-])cc1Cl. The zero-order valence-electron chi connectivity index (χ0n) is 21.6. The second kappa shape index (κ2) is 11.7. The molecule has 1 aliphatic heterocycles. The molecule has 10 heteroatoms. The van der Waals surface area contributed by atoms with Crippen molar-refractivity contribution in [2.24, 2.45) is 0 Å². The minimum absolute atomic E-state index is 0.0768. The first-order valence-electron chi connectivity index (χ1n) is 12.7. The number of amides is 1. The van der Waals surface area contributed by atoms with Crippen LogP contribution < -0.4 is 4.90 Å². The van der Waals surface area contributed by atoms with Crippen LogP contribution in [0.1, 0.15) is 41.9 Å². The van der Waals surface area contributed by atoms with Crippen LogP contribution in [0, 0.1) is 17.0 Å². The summed E-state index contributed by atoms with van der Waals surface area (Å²) in [6.45, 7) is 11.7. The maximum atomic E-state index is 13.6. The molecule has 196 valence electrons. The molecule has 1 amide bonds. The fourth-order valence-electron chi connectivity index (χ4n) is 4.76. The maximum absolute atomic E-state index is 13.6. The number of nitro groups is 1. The number of carbonyl (C=O) groups is 1. The largest absolute Gasteiger partial charge is 0.354 e. The number of benzene rings is 2. The van der Waals surface area contributed by atoms with Crippen molar-refractivity contribution in [1.29, 1.82) is 0 Å². The van der Waals surface area contributed by atoms with Gasteiger partial charge in [0, 0.05) is 50.4 Å². The number of hydrogen-bond donors (Lipinski definition) is 0. The second-order valence-electron chi connectivity index (χ2n) is 9.20. The molecule has 2 heterocycles. The standard InChI is InChI=1S/C27H33ClN6O3/c1-4-13-32(27(35)23-12-11-22(34(36)37)18-25(23)28)19-24-20(3)29-33(21-9-7-6-8-10-21)26(24)31-16-14-30(5-2)15-17-31/h6-12,18H,4-5,13-17,19H2,1-3H3. The molecule has 3 aromatic rings. The molecule has 4 rings (SSSR count). The van der Waals surface area contributed by atoms with E-state index in [0.29, 0.717) is 13.1 Å². The predicted octanol–water partition coefficient (Wildman–Crippen LogP) is 4.94. The highest BCUT2D eigenvalue weighted by Gasteiger charge is 2.28. The van der Waals surface area contributed by atoms with E-state index >= 15 is 0 Å². The monoisotopic (exact) mass is 524 g/mol. The first-order chi connectivity index (χ1) is 17.8. The molecule has 0 N–H and O–H groups in total. The Morgan fingerprint density at radius 2 is 1.81 bits per heavy atom. The summed E-state index contributed by atoms with van der Waals surface area (Å²) in [6.07, 6.45) is 0.757. The third kappa shape index (κ3) is 5.78. The molecule has 9 nitrogen and oxygen atoms in total. The van der Waals surface area contributed by atoms with Crippen molar-refractivity contribution >= 4 is 29.0 Å². The number of halogens is 1. The van der Waals surface area contributed by atoms with E-state index in [9.17, 15) is 14.9 Å². The van der Waals surface area contributed by atoms with Gasteiger partial charge in [0.2, 0.25) is 0 Å². The lowest BCUT2D eigenvalue weighted by Gasteiger charge is -2.36. The molecule has 1 aliphatic rings. The van der Waals surface area contributed by atoms with Crippen molar-refractivity contribution < 1.29 is 9.72 Å². The van der Waals surface area contributed by atoms with E-state index in [-0.39, 0.29) is 22.2 Å². The number of non-ortho nitro benzene ring substituents is 1. The third-order valence-electron chi connectivity index (χ3n) is 6.80. The van der Waals surface area contributed by atoms with E-state index in [4.69, 9.17) is 16.7 Å². The number of nitrogens with zero attached hydrogens (tertiary/aromatic N) is 6. The van der Waals surface area contributed by atoms with Crippen LogP contribution in [-0.4, -0.2) is 69.7 Å². The van der Waals surface area contributed by atoms with Gasteiger partial charge in [-0.15, -0.1) is 0 Å². The van der Waals surface area contributed by atoms with Crippen molar-refractivity contribution in [2.45, 2.75) is 33.7 Å². The van der Waals surface area contributed by atoms with Crippen LogP contribution in [0.5, 0.6) is 0 Å². The maximum Gasteiger partial charge on any atom is 0.270 e. The first kappa shape index (κ1) is 26.6. The molecule has 0 radical (unpaired) electrons. The fraction of sp³-hybridized carbons (Fsp3) is 0.407. The highest BCUT2D eigenvalue weighted by molar-refractivity contribution is 6.34. The van der Waals surface area contributed by atoms with E-state index < -0.39 is 4.92 Å². The van der Waals surface area contributed by atoms with Gasteiger partial charge in [-0.2, -0.15) is 5.10 Å². The number of aromatic nitrogens is 2. The molecule has 0 aliphatic carbocycles. The zero-order valence-corrected chi connectivity index (χ0v) is 22.3. The van der Waals surface area contributed by atoms with Crippen LogP contribution in [0.15, 0.2) is 48.5 Å². The van der Waals surface area contributed by atoms with Crippen molar-refractivity contribution in [3.05, 3.63) is 80.5 Å². The van der Waals surface area contributed by atoms with Gasteiger partial charge in [0.15, 0.2) is 0 Å². The summed E-state index contributed by atoms with van der Waals surface area (Å²) in [5, 5.41) is 16.1. The molecule has 2 aromatic carbocycles. The molecule has 0 saturated carbocycles. The Balaban J connectivity index is 1.72. The van der Waals surface area contributed by atoms with Gasteiger partial charge in [0.05, 0.1) is 33.4 Å². The summed E-state index contributed by atoms with van der Waals surface area (Å²) in [4.78, 5) is 30.8. The number of anilines is 1. The van der Waals surface area contributed by atoms with Gasteiger partial charge < -0.3 is 14.7 Å². The molecule has 0 unspecified atom stereocenters. The number of para-hydroxylation sites is 1. The Bertz CT molecular complexity index is 1250. The van der Waals surface area contributed by atoms with E-state index in [1.54, 1.807) is 4.90 Å². The van der Waals surface area contributed by atoms with Gasteiger partial charge in [-0.25, -0.2) is 4.68 Å². The number of likely N-dealkylation sites (N-methyl/N-ethyl adjacent to an activating group) is 1. The van der Waals surface area contributed by atoms with Crippen LogP contribution >= 0.6 is 11.6 Å². The van der Waals surface area contributed by atoms with Gasteiger partial charge in [0.25, 0.3) is 11.6 Å². The Morgan fingerprint density at radius 1 is 1.11 bits per heavy atom. The Morgan fingerprint density at radius 3 is 2.41 bits per heavy atom. The summed E-state index contributed by atoms with van der Waals surface area (Å²) in [5.41, 5.74) is 2.94. The third-order valence-corrected chi connectivity index (χ3v) is 7.11. The van der Waals surface area contributed by atoms with Crippen molar-refractivity contribution in [2.75, 3.05) is 44.2 Å². The first-order valence-corrected chi connectivity index (χ1v) is 13.1. The molecule has 1 aromatic heterocycles. The second-order valence-corrected chi connectivity index (χ2v) is 9.61. The number of rotatable bonds is 9. The minimum Gasteiger partial charge on any atom is -0.354 e. The van der Waals surface area contributed by atoms with Gasteiger partial charge in [-0.3, -0.25) is 14.9 Å². The summed E-state index contributed by atoms with van der Waals surface area (Å²) in [6, 6.07) is 14.0. The molecule has 37 heavy (non-hydrogen) atoms. The Labute approximate surface area is 222 Å². The Kier molecular flexibility index (Phi) is 8.45. The van der Waals surface area contributed by atoms with Gasteiger partial charge >= 0.3 is 0 Å². The van der Waals surface area contributed by atoms with E-state index in [0.717, 1.165) is 61.9 Å². The van der Waals surface area contributed by atoms with Crippen LogP contribution in [0.4, 0.5) is 11.5 Å². The minimum atomic E-state index is -0.518. The summed E-state index contributed by atoms with van der Waals surface area (Å²) < 4.78 is 1.99. The van der Waals surface area contributed by atoms with Crippen LogP contribution in [-0.2, 0) is 6.54 Å². The molecule has 0 spiro atoms. The average Bonchev–Trinajstić information content (AvgIpc) is 3.24. The van der Waals surface area contributed by atoms with Gasteiger partial charge in [-0.05, 0) is 38.1 Å². The normalized spacial score (nSPS) is 14.1. The molecule has 0 bridgehead atoms. The lowest BCUT2D eigenvalue weighted by Crippen LogP contribution is -2.47. The number of nitro benzene ring substituents is 1. The summed E-state index contributed by atoms with van der Waals surface area (Å²) in [5.74, 6) is 0.749. The Hall–Kier alpha value is -3.43.